The van der Waals surface area contributed by atoms with Gasteiger partial charge in [-0.05, 0) is 36.8 Å². The largest absolute Gasteiger partial charge is 0.444 e. The molecule has 1 unspecified atom stereocenters. The highest BCUT2D eigenvalue weighted by Gasteiger charge is 2.43. The number of aromatic nitrogens is 1. The van der Waals surface area contributed by atoms with E-state index in [1.165, 1.54) is 44.8 Å². The summed E-state index contributed by atoms with van der Waals surface area (Å²) in [6.45, 7) is 1.51. The van der Waals surface area contributed by atoms with Crippen molar-refractivity contribution in [1.82, 2.24) is 9.29 Å². The molecule has 0 radical (unpaired) electrons. The molecule has 1 aliphatic heterocycles. The molecule has 2 N–H and O–H groups in total. The Morgan fingerprint density at radius 3 is 2.62 bits per heavy atom. The summed E-state index contributed by atoms with van der Waals surface area (Å²) < 4.78 is 59.8. The van der Waals surface area contributed by atoms with Gasteiger partial charge in [0.05, 0.1) is 16.8 Å². The van der Waals surface area contributed by atoms with Gasteiger partial charge in [0, 0.05) is 17.5 Å². The van der Waals surface area contributed by atoms with Gasteiger partial charge in [0.25, 0.3) is 0 Å². The quantitative estimate of drug-likeness (QED) is 0.677. The van der Waals surface area contributed by atoms with Gasteiger partial charge in [0.2, 0.25) is 16.0 Å². The molecule has 152 valence electrons. The summed E-state index contributed by atoms with van der Waals surface area (Å²) >= 11 is 1.00. The van der Waals surface area contributed by atoms with Crippen LogP contribution in [-0.4, -0.2) is 36.5 Å². The first-order chi connectivity index (χ1) is 13.6. The summed E-state index contributed by atoms with van der Waals surface area (Å²) in [6.07, 6.45) is 2.67. The van der Waals surface area contributed by atoms with Crippen LogP contribution in [0.1, 0.15) is 11.8 Å². The molecule has 7 nitrogen and oxygen atoms in total. The molecular weight excluding hydrogens is 422 g/mol. The third kappa shape index (κ3) is 3.40. The Morgan fingerprint density at radius 1 is 1.24 bits per heavy atom. The van der Waals surface area contributed by atoms with Crippen molar-refractivity contribution in [3.8, 4) is 21.8 Å². The van der Waals surface area contributed by atoms with Crippen molar-refractivity contribution >= 4 is 27.3 Å². The van der Waals surface area contributed by atoms with Crippen molar-refractivity contribution in [3.05, 3.63) is 53.4 Å². The summed E-state index contributed by atoms with van der Waals surface area (Å²) in [6, 6.07) is 5.43. The van der Waals surface area contributed by atoms with E-state index in [-0.39, 0.29) is 10.8 Å². The van der Waals surface area contributed by atoms with Crippen LogP contribution in [0.2, 0.25) is 0 Å². The Hall–Kier alpha value is -2.79. The Balaban J connectivity index is 1.80. The highest BCUT2D eigenvalue weighted by Crippen LogP contribution is 2.42. The summed E-state index contributed by atoms with van der Waals surface area (Å²) in [4.78, 5) is 8.56. The average Bonchev–Trinajstić information content (AvgIpc) is 3.29. The van der Waals surface area contributed by atoms with Crippen LogP contribution in [0.4, 0.5) is 8.78 Å². The maximum Gasteiger partial charge on any atom is 0.239 e. The van der Waals surface area contributed by atoms with E-state index in [2.05, 4.69) is 9.98 Å². The first-order valence-electron chi connectivity index (χ1n) is 8.41. The molecular formula is C18H16F2N4O3S2. The lowest BCUT2D eigenvalue weighted by molar-refractivity contribution is 0.466. The Labute approximate surface area is 169 Å². The Kier molecular flexibility index (Phi) is 4.46. The van der Waals surface area contributed by atoms with Crippen LogP contribution in [-0.2, 0) is 15.6 Å². The van der Waals surface area contributed by atoms with Crippen LogP contribution in [0.5, 0.6) is 0 Å². The zero-order chi connectivity index (χ0) is 21.0. The molecule has 3 heterocycles. The lowest BCUT2D eigenvalue weighted by Gasteiger charge is -2.33. The lowest BCUT2D eigenvalue weighted by atomic mass is 10.0. The molecule has 0 saturated heterocycles. The van der Waals surface area contributed by atoms with Crippen LogP contribution in [0.15, 0.2) is 46.3 Å². The second-order valence-corrected chi connectivity index (χ2v) is 9.90. The van der Waals surface area contributed by atoms with Gasteiger partial charge in [-0.3, -0.25) is 0 Å². The summed E-state index contributed by atoms with van der Waals surface area (Å²) in [7, 11) is -2.45. The number of hydrogen-bond donors (Lipinski definition) is 1. The van der Waals surface area contributed by atoms with E-state index >= 15 is 0 Å². The lowest BCUT2D eigenvalue weighted by Crippen LogP contribution is -2.50. The molecule has 29 heavy (non-hydrogen) atoms. The summed E-state index contributed by atoms with van der Waals surface area (Å²) in [5.41, 5.74) is 5.22. The molecule has 3 aromatic rings. The SMILES string of the molecule is CN1C(N)=NC(C)(c2sc(-c3cc(F)cc(-c4cnco4)c3)cc2F)CS1(=O)=O. The molecule has 2 aromatic heterocycles. The molecule has 1 aromatic carbocycles. The number of benzene rings is 1. The van der Waals surface area contributed by atoms with Gasteiger partial charge in [-0.1, -0.05) is 0 Å². The van der Waals surface area contributed by atoms with Crippen LogP contribution < -0.4 is 5.73 Å². The van der Waals surface area contributed by atoms with E-state index in [0.717, 1.165) is 15.6 Å². The van der Waals surface area contributed by atoms with Gasteiger partial charge in [-0.2, -0.15) is 0 Å². The predicted molar refractivity (Wildman–Crippen MR) is 106 cm³/mol. The standard InChI is InChI=1S/C18H16F2N4O3S2/c1-18(8-29(25,26)24(2)17(21)23-18)16-13(20)6-15(28-16)11-3-10(4-12(19)5-11)14-7-22-9-27-14/h3-7,9H,8H2,1-2H3,(H2,21,23). The zero-order valence-corrected chi connectivity index (χ0v) is 17.0. The molecule has 4 rings (SSSR count). The smallest absolute Gasteiger partial charge is 0.239 e. The molecule has 0 spiro atoms. The van der Waals surface area contributed by atoms with Crippen molar-refractivity contribution in [1.29, 1.82) is 0 Å². The van der Waals surface area contributed by atoms with Gasteiger partial charge >= 0.3 is 0 Å². The van der Waals surface area contributed by atoms with Gasteiger partial charge in [-0.25, -0.2) is 31.5 Å². The van der Waals surface area contributed by atoms with E-state index in [9.17, 15) is 17.2 Å². The van der Waals surface area contributed by atoms with E-state index < -0.39 is 32.9 Å². The van der Waals surface area contributed by atoms with Gasteiger partial charge < -0.3 is 10.2 Å². The van der Waals surface area contributed by atoms with E-state index in [1.807, 2.05) is 0 Å². The number of aliphatic imine (C=N–C) groups is 1. The molecule has 0 saturated carbocycles. The first kappa shape index (κ1) is 19.5. The van der Waals surface area contributed by atoms with Crippen molar-refractivity contribution < 1.29 is 21.6 Å². The summed E-state index contributed by atoms with van der Waals surface area (Å²) in [5.74, 6) is -1.44. The van der Waals surface area contributed by atoms with Crippen molar-refractivity contribution in [2.24, 2.45) is 10.7 Å². The first-order valence-corrected chi connectivity index (χ1v) is 10.8. The third-order valence-corrected chi connectivity index (χ3v) is 8.00. The number of oxazole rings is 1. The second kappa shape index (κ2) is 6.63. The third-order valence-electron chi connectivity index (χ3n) is 4.64. The fourth-order valence-electron chi connectivity index (χ4n) is 3.18. The highest BCUT2D eigenvalue weighted by atomic mass is 32.2. The monoisotopic (exact) mass is 438 g/mol. The minimum atomic E-state index is -3.74. The summed E-state index contributed by atoms with van der Waals surface area (Å²) in [5, 5.41) is 0. The average molecular weight is 438 g/mol. The number of hydrogen-bond acceptors (Lipinski definition) is 7. The van der Waals surface area contributed by atoms with E-state index in [0.29, 0.717) is 21.8 Å². The van der Waals surface area contributed by atoms with E-state index in [4.69, 9.17) is 10.2 Å². The normalized spacial score (nSPS) is 21.2. The molecule has 0 fully saturated rings. The number of nitrogens with two attached hydrogens (primary N) is 1. The topological polar surface area (TPSA) is 102 Å². The molecule has 0 amide bonds. The van der Waals surface area contributed by atoms with Gasteiger partial charge in [0.15, 0.2) is 12.2 Å². The van der Waals surface area contributed by atoms with Crippen LogP contribution in [0.25, 0.3) is 21.8 Å². The van der Waals surface area contributed by atoms with Gasteiger partial charge in [-0.15, -0.1) is 11.3 Å². The highest BCUT2D eigenvalue weighted by molar-refractivity contribution is 7.89. The van der Waals surface area contributed by atoms with Crippen molar-refractivity contribution in [2.45, 2.75) is 12.5 Å². The number of thiophene rings is 1. The van der Waals surface area contributed by atoms with Crippen molar-refractivity contribution in [2.75, 3.05) is 12.8 Å². The Bertz CT molecular complexity index is 1220. The van der Waals surface area contributed by atoms with E-state index in [1.54, 1.807) is 6.07 Å². The van der Waals surface area contributed by atoms with Gasteiger partial charge in [0.1, 0.15) is 17.2 Å². The maximum atomic E-state index is 14.8. The van der Waals surface area contributed by atoms with Crippen molar-refractivity contribution in [3.63, 3.8) is 0 Å². The number of rotatable bonds is 3. The van der Waals surface area contributed by atoms with Crippen LogP contribution >= 0.6 is 11.3 Å². The zero-order valence-electron chi connectivity index (χ0n) is 15.4. The molecule has 1 aliphatic rings. The fourth-order valence-corrected chi connectivity index (χ4v) is 5.82. The molecule has 1 atom stereocenters. The number of nitrogens with zero attached hydrogens (tertiary/aromatic N) is 3. The molecule has 11 heteroatoms. The number of sulfonamides is 1. The van der Waals surface area contributed by atoms with Crippen LogP contribution in [0, 0.1) is 11.6 Å². The fraction of sp³-hybridized carbons (Fsp3) is 0.222. The predicted octanol–water partition coefficient (Wildman–Crippen LogP) is 3.15. The minimum Gasteiger partial charge on any atom is -0.444 e. The Morgan fingerprint density at radius 2 is 1.97 bits per heavy atom. The minimum absolute atomic E-state index is 0.109. The second-order valence-electron chi connectivity index (χ2n) is 6.85. The maximum absolute atomic E-state index is 14.8. The number of guanidine groups is 1. The number of halogens is 2. The molecule has 0 aliphatic carbocycles. The van der Waals surface area contributed by atoms with Crippen LogP contribution in [0.3, 0.4) is 0 Å². The molecule has 0 bridgehead atoms.